The third-order valence-corrected chi connectivity index (χ3v) is 6.74. The highest BCUT2D eigenvalue weighted by Crippen LogP contribution is 2.37. The van der Waals surface area contributed by atoms with Gasteiger partial charge in [-0.2, -0.15) is 0 Å². The largest absolute Gasteiger partial charge is 0.444 e. The highest BCUT2D eigenvalue weighted by molar-refractivity contribution is 7.90. The van der Waals surface area contributed by atoms with Crippen molar-refractivity contribution in [2.24, 2.45) is 0 Å². The second-order valence-corrected chi connectivity index (χ2v) is 10.0. The molecule has 1 atom stereocenters. The number of rotatable bonds is 3. The molecule has 0 spiro atoms. The van der Waals surface area contributed by atoms with Crippen LogP contribution in [0, 0.1) is 0 Å². The molecule has 1 aliphatic carbocycles. The summed E-state index contributed by atoms with van der Waals surface area (Å²) in [5.74, 6) is 0. The molecule has 0 radical (unpaired) electrons. The van der Waals surface area contributed by atoms with E-state index in [1.165, 1.54) is 3.97 Å². The van der Waals surface area contributed by atoms with Gasteiger partial charge in [-0.25, -0.2) is 17.2 Å². The van der Waals surface area contributed by atoms with E-state index in [-0.39, 0.29) is 10.9 Å². The van der Waals surface area contributed by atoms with Gasteiger partial charge in [-0.15, -0.1) is 0 Å². The van der Waals surface area contributed by atoms with Gasteiger partial charge in [0.15, 0.2) is 0 Å². The monoisotopic (exact) mass is 412 g/mol. The highest BCUT2D eigenvalue weighted by Gasteiger charge is 2.29. The molecule has 2 aromatic carbocycles. The second kappa shape index (κ2) is 6.91. The Labute approximate surface area is 170 Å². The molecule has 1 N–H and O–H groups in total. The molecule has 0 aliphatic heterocycles. The van der Waals surface area contributed by atoms with Crippen molar-refractivity contribution >= 4 is 27.0 Å². The van der Waals surface area contributed by atoms with Gasteiger partial charge in [0.2, 0.25) is 0 Å². The predicted molar refractivity (Wildman–Crippen MR) is 111 cm³/mol. The average molecular weight is 413 g/mol. The minimum absolute atomic E-state index is 0.140. The van der Waals surface area contributed by atoms with Crippen molar-refractivity contribution < 1.29 is 17.9 Å². The first-order valence-corrected chi connectivity index (χ1v) is 11.0. The van der Waals surface area contributed by atoms with Crippen LogP contribution in [-0.2, 0) is 21.2 Å². The lowest BCUT2D eigenvalue weighted by Crippen LogP contribution is -2.34. The number of ether oxygens (including phenoxy) is 1. The number of carbonyl (C=O) groups excluding carboxylic acids is 1. The van der Waals surface area contributed by atoms with E-state index in [1.807, 2.05) is 39.0 Å². The van der Waals surface area contributed by atoms with Crippen LogP contribution in [0.4, 0.5) is 4.79 Å². The fourth-order valence-corrected chi connectivity index (χ4v) is 5.20. The number of benzene rings is 2. The van der Waals surface area contributed by atoms with Gasteiger partial charge in [-0.05, 0) is 69.0 Å². The Morgan fingerprint density at radius 1 is 1.10 bits per heavy atom. The fourth-order valence-electron chi connectivity index (χ4n) is 3.83. The van der Waals surface area contributed by atoms with Gasteiger partial charge >= 0.3 is 6.09 Å². The van der Waals surface area contributed by atoms with Crippen molar-refractivity contribution in [3.63, 3.8) is 0 Å². The van der Waals surface area contributed by atoms with Gasteiger partial charge in [0, 0.05) is 11.6 Å². The van der Waals surface area contributed by atoms with Crippen molar-refractivity contribution in [1.82, 2.24) is 9.29 Å². The molecule has 0 saturated carbocycles. The number of hydrogen-bond donors (Lipinski definition) is 1. The molecular formula is C22H24N2O4S. The standard InChI is InChI=1S/C22H24N2O4S/c1-22(2,3)28-21(25)23-19-11-9-16-17(19)10-12-20-18(16)13-14-24(20)29(26,27)15-7-5-4-6-8-15/h4-8,10,12-14,19H,9,11H2,1-3H3,(H,23,25)/t19-/m0/s1. The van der Waals surface area contributed by atoms with Crippen LogP contribution in [0.1, 0.15) is 44.4 Å². The molecule has 7 heteroatoms. The molecule has 0 bridgehead atoms. The van der Waals surface area contributed by atoms with E-state index in [1.54, 1.807) is 36.5 Å². The summed E-state index contributed by atoms with van der Waals surface area (Å²) in [6.07, 6.45) is 2.68. The van der Waals surface area contributed by atoms with Crippen LogP contribution in [0.5, 0.6) is 0 Å². The maximum absolute atomic E-state index is 13.0. The smallest absolute Gasteiger partial charge is 0.408 e. The first kappa shape index (κ1) is 19.5. The third-order valence-electron chi connectivity index (χ3n) is 5.03. The molecule has 1 aliphatic rings. The van der Waals surface area contributed by atoms with Crippen molar-refractivity contribution in [3.05, 3.63) is 65.9 Å². The first-order chi connectivity index (χ1) is 13.7. The van der Waals surface area contributed by atoms with Crippen LogP contribution >= 0.6 is 0 Å². The molecule has 0 saturated heterocycles. The molecule has 1 amide bonds. The lowest BCUT2D eigenvalue weighted by Gasteiger charge is -2.22. The number of aromatic nitrogens is 1. The Hall–Kier alpha value is -2.80. The van der Waals surface area contributed by atoms with Crippen molar-refractivity contribution in [3.8, 4) is 0 Å². The van der Waals surface area contributed by atoms with Gasteiger partial charge in [0.05, 0.1) is 16.5 Å². The Kier molecular flexibility index (Phi) is 4.65. The molecule has 0 fully saturated rings. The summed E-state index contributed by atoms with van der Waals surface area (Å²) in [6.45, 7) is 5.48. The minimum Gasteiger partial charge on any atom is -0.444 e. The van der Waals surface area contributed by atoms with Gasteiger partial charge in [0.1, 0.15) is 5.60 Å². The summed E-state index contributed by atoms with van der Waals surface area (Å²) in [5.41, 5.74) is 2.17. The number of carbonyl (C=O) groups is 1. The number of nitrogens with zero attached hydrogens (tertiary/aromatic N) is 1. The summed E-state index contributed by atoms with van der Waals surface area (Å²) < 4.78 is 32.8. The van der Waals surface area contributed by atoms with Crippen LogP contribution in [-0.4, -0.2) is 24.1 Å². The minimum atomic E-state index is -3.67. The summed E-state index contributed by atoms with van der Waals surface area (Å²) in [5, 5.41) is 3.83. The lowest BCUT2D eigenvalue weighted by atomic mass is 10.0. The van der Waals surface area contributed by atoms with Crippen LogP contribution in [0.2, 0.25) is 0 Å². The van der Waals surface area contributed by atoms with E-state index in [0.29, 0.717) is 5.52 Å². The molecule has 6 nitrogen and oxygen atoms in total. The molecule has 1 aromatic heterocycles. The zero-order valence-corrected chi connectivity index (χ0v) is 17.5. The molecule has 0 unspecified atom stereocenters. The van der Waals surface area contributed by atoms with E-state index in [9.17, 15) is 13.2 Å². The summed E-state index contributed by atoms with van der Waals surface area (Å²) >= 11 is 0. The Morgan fingerprint density at radius 2 is 1.83 bits per heavy atom. The fraction of sp³-hybridized carbons (Fsp3) is 0.318. The van der Waals surface area contributed by atoms with E-state index in [4.69, 9.17) is 4.74 Å². The van der Waals surface area contributed by atoms with Gasteiger partial charge in [0.25, 0.3) is 10.0 Å². The molecular weight excluding hydrogens is 388 g/mol. The molecule has 152 valence electrons. The molecule has 4 rings (SSSR count). The number of alkyl carbamates (subject to hydrolysis) is 1. The maximum Gasteiger partial charge on any atom is 0.408 e. The van der Waals surface area contributed by atoms with Gasteiger partial charge in [-0.3, -0.25) is 0 Å². The number of fused-ring (bicyclic) bond motifs is 3. The number of aryl methyl sites for hydroxylation is 1. The van der Waals surface area contributed by atoms with Crippen LogP contribution in [0.3, 0.4) is 0 Å². The van der Waals surface area contributed by atoms with E-state index in [0.717, 1.165) is 29.4 Å². The van der Waals surface area contributed by atoms with E-state index < -0.39 is 21.7 Å². The number of nitrogens with one attached hydrogen (secondary N) is 1. The van der Waals surface area contributed by atoms with Crippen molar-refractivity contribution in [2.45, 2.75) is 50.2 Å². The molecule has 3 aromatic rings. The zero-order valence-electron chi connectivity index (χ0n) is 16.7. The SMILES string of the molecule is CC(C)(C)OC(=O)N[C@H]1CCc2c1ccc1c2ccn1S(=O)(=O)c1ccccc1. The number of hydrogen-bond acceptors (Lipinski definition) is 4. The Morgan fingerprint density at radius 3 is 2.52 bits per heavy atom. The normalized spacial score (nSPS) is 16.6. The quantitative estimate of drug-likeness (QED) is 0.692. The summed E-state index contributed by atoms with van der Waals surface area (Å²) in [6, 6.07) is 13.8. The Balaban J connectivity index is 1.68. The maximum atomic E-state index is 13.0. The van der Waals surface area contributed by atoms with Gasteiger partial charge in [-0.1, -0.05) is 24.3 Å². The lowest BCUT2D eigenvalue weighted by molar-refractivity contribution is 0.0503. The van der Waals surface area contributed by atoms with Crippen LogP contribution < -0.4 is 5.32 Å². The first-order valence-electron chi connectivity index (χ1n) is 9.60. The van der Waals surface area contributed by atoms with Crippen LogP contribution in [0.25, 0.3) is 10.9 Å². The van der Waals surface area contributed by atoms with Gasteiger partial charge < -0.3 is 10.1 Å². The second-order valence-electron chi connectivity index (χ2n) is 8.23. The van der Waals surface area contributed by atoms with Crippen molar-refractivity contribution in [2.75, 3.05) is 0 Å². The topological polar surface area (TPSA) is 77.4 Å². The summed E-state index contributed by atoms with van der Waals surface area (Å²) in [7, 11) is -3.67. The highest BCUT2D eigenvalue weighted by atomic mass is 32.2. The van der Waals surface area contributed by atoms with E-state index >= 15 is 0 Å². The van der Waals surface area contributed by atoms with E-state index in [2.05, 4.69) is 5.32 Å². The van der Waals surface area contributed by atoms with Crippen LogP contribution in [0.15, 0.2) is 59.6 Å². The average Bonchev–Trinajstić information content (AvgIpc) is 3.25. The zero-order chi connectivity index (χ0) is 20.8. The summed E-state index contributed by atoms with van der Waals surface area (Å²) in [4.78, 5) is 12.4. The van der Waals surface area contributed by atoms with Crippen molar-refractivity contribution in [1.29, 1.82) is 0 Å². The number of amides is 1. The predicted octanol–water partition coefficient (Wildman–Crippen LogP) is 4.39. The molecule has 1 heterocycles. The Bertz CT molecular complexity index is 1170. The molecule has 29 heavy (non-hydrogen) atoms. The third kappa shape index (κ3) is 3.62.